The highest BCUT2D eigenvalue weighted by molar-refractivity contribution is 7.15. The molecule has 24 heavy (non-hydrogen) atoms. The second kappa shape index (κ2) is 7.67. The largest absolute Gasteiger partial charge is 0.473 e. The normalized spacial score (nSPS) is 18.3. The van der Waals surface area contributed by atoms with Gasteiger partial charge in [0.2, 0.25) is 11.8 Å². The number of carbonyl (C=O) groups excluding carboxylic acids is 1. The summed E-state index contributed by atoms with van der Waals surface area (Å²) in [6.07, 6.45) is 4.98. The van der Waals surface area contributed by atoms with Crippen LogP contribution in [-0.2, 0) is 11.3 Å². The lowest BCUT2D eigenvalue weighted by Gasteiger charge is -2.32. The molecule has 1 N–H and O–H groups in total. The average molecular weight is 350 g/mol. The Morgan fingerprint density at radius 1 is 1.46 bits per heavy atom. The third kappa shape index (κ3) is 4.72. The first kappa shape index (κ1) is 16.8. The Kier molecular flexibility index (Phi) is 5.37. The van der Waals surface area contributed by atoms with Gasteiger partial charge < -0.3 is 10.1 Å². The minimum atomic E-state index is -0.368. The van der Waals surface area contributed by atoms with Crippen LogP contribution >= 0.6 is 11.3 Å². The molecule has 1 fully saturated rings. The van der Waals surface area contributed by atoms with Gasteiger partial charge in [0, 0.05) is 37.2 Å². The summed E-state index contributed by atoms with van der Waals surface area (Å²) in [5, 5.41) is 3.32. The molecule has 1 aliphatic heterocycles. The van der Waals surface area contributed by atoms with E-state index in [1.165, 1.54) is 24.3 Å². The van der Waals surface area contributed by atoms with Crippen LogP contribution in [0.1, 0.15) is 24.6 Å². The fraction of sp³-hybridized carbons (Fsp3) is 0.438. The van der Waals surface area contributed by atoms with Gasteiger partial charge in [0.25, 0.3) is 0 Å². The monoisotopic (exact) mass is 350 g/mol. The molecule has 1 aliphatic rings. The third-order valence-electron chi connectivity index (χ3n) is 3.67. The quantitative estimate of drug-likeness (QED) is 0.898. The van der Waals surface area contributed by atoms with E-state index in [4.69, 9.17) is 4.74 Å². The van der Waals surface area contributed by atoms with Crippen molar-refractivity contribution in [2.75, 3.05) is 18.4 Å². The van der Waals surface area contributed by atoms with Crippen LogP contribution in [-0.4, -0.2) is 40.0 Å². The maximum Gasteiger partial charge on any atom is 0.223 e. The van der Waals surface area contributed by atoms with E-state index in [1.54, 1.807) is 12.3 Å². The Balaban J connectivity index is 1.54. The molecule has 2 aromatic rings. The number of nitrogens with zero attached hydrogens (tertiary/aromatic N) is 3. The predicted octanol–water partition coefficient (Wildman–Crippen LogP) is 2.68. The number of hydrogen-bond donors (Lipinski definition) is 1. The first-order valence-corrected chi connectivity index (χ1v) is 8.63. The van der Waals surface area contributed by atoms with Crippen LogP contribution < -0.4 is 10.1 Å². The first-order chi connectivity index (χ1) is 11.6. The zero-order chi connectivity index (χ0) is 16.9. The molecule has 1 amide bonds. The summed E-state index contributed by atoms with van der Waals surface area (Å²) in [5.41, 5.74) is 0. The van der Waals surface area contributed by atoms with Crippen LogP contribution in [0, 0.1) is 5.82 Å². The maximum absolute atomic E-state index is 12.9. The first-order valence-electron chi connectivity index (χ1n) is 7.81. The van der Waals surface area contributed by atoms with E-state index in [9.17, 15) is 9.18 Å². The molecule has 3 heterocycles. The van der Waals surface area contributed by atoms with Gasteiger partial charge in [-0.15, -0.1) is 11.3 Å². The number of thiazole rings is 1. The minimum absolute atomic E-state index is 0.0412. The van der Waals surface area contributed by atoms with E-state index in [0.29, 0.717) is 11.0 Å². The molecule has 0 radical (unpaired) electrons. The van der Waals surface area contributed by atoms with Crippen molar-refractivity contribution in [2.45, 2.75) is 32.4 Å². The second-order valence-corrected chi connectivity index (χ2v) is 6.86. The van der Waals surface area contributed by atoms with Crippen LogP contribution in [0.4, 0.5) is 9.52 Å². The summed E-state index contributed by atoms with van der Waals surface area (Å²) >= 11 is 1.48. The fourth-order valence-electron chi connectivity index (χ4n) is 2.67. The molecule has 1 saturated heterocycles. The molecular weight excluding hydrogens is 331 g/mol. The zero-order valence-electron chi connectivity index (χ0n) is 13.4. The molecule has 6 nitrogen and oxygen atoms in total. The summed E-state index contributed by atoms with van der Waals surface area (Å²) in [4.78, 5) is 22.6. The van der Waals surface area contributed by atoms with Gasteiger partial charge >= 0.3 is 0 Å². The smallest absolute Gasteiger partial charge is 0.223 e. The van der Waals surface area contributed by atoms with Crippen LogP contribution in [0.2, 0.25) is 0 Å². The lowest BCUT2D eigenvalue weighted by Crippen LogP contribution is -2.40. The third-order valence-corrected chi connectivity index (χ3v) is 4.56. The number of pyridine rings is 1. The number of hydrogen-bond acceptors (Lipinski definition) is 6. The highest BCUT2D eigenvalue weighted by atomic mass is 32.1. The SMILES string of the molecule is CC(=O)Nc1ncc(CN2CCCC(Oc3ccc(F)cn3)C2)s1. The Hall–Kier alpha value is -2.06. The molecule has 0 saturated carbocycles. The van der Waals surface area contributed by atoms with E-state index in [0.717, 1.165) is 43.5 Å². The van der Waals surface area contributed by atoms with Crippen molar-refractivity contribution in [1.29, 1.82) is 0 Å². The van der Waals surface area contributed by atoms with Gasteiger partial charge in [0.05, 0.1) is 6.20 Å². The average Bonchev–Trinajstić information content (AvgIpc) is 2.96. The molecule has 0 aromatic carbocycles. The molecular formula is C16H19FN4O2S. The van der Waals surface area contributed by atoms with Crippen LogP contribution in [0.15, 0.2) is 24.5 Å². The minimum Gasteiger partial charge on any atom is -0.473 e. The van der Waals surface area contributed by atoms with Gasteiger partial charge in [-0.1, -0.05) is 0 Å². The van der Waals surface area contributed by atoms with Gasteiger partial charge in [-0.25, -0.2) is 14.4 Å². The summed E-state index contributed by atoms with van der Waals surface area (Å²) < 4.78 is 18.7. The topological polar surface area (TPSA) is 67.4 Å². The number of rotatable bonds is 5. The number of likely N-dealkylation sites (tertiary alicyclic amines) is 1. The lowest BCUT2D eigenvalue weighted by atomic mass is 10.1. The summed E-state index contributed by atoms with van der Waals surface area (Å²) in [6, 6.07) is 2.90. The second-order valence-electron chi connectivity index (χ2n) is 5.74. The van der Waals surface area contributed by atoms with Gasteiger partial charge in [-0.2, -0.15) is 0 Å². The number of piperidine rings is 1. The van der Waals surface area contributed by atoms with Crippen molar-refractivity contribution in [1.82, 2.24) is 14.9 Å². The highest BCUT2D eigenvalue weighted by Crippen LogP contribution is 2.23. The molecule has 0 spiro atoms. The number of nitrogens with one attached hydrogen (secondary N) is 1. The molecule has 3 rings (SSSR count). The van der Waals surface area contributed by atoms with Crippen molar-refractivity contribution < 1.29 is 13.9 Å². The van der Waals surface area contributed by atoms with E-state index in [2.05, 4.69) is 20.2 Å². The Labute approximate surface area is 143 Å². The molecule has 0 bridgehead atoms. The van der Waals surface area contributed by atoms with Gasteiger partial charge in [-0.3, -0.25) is 9.69 Å². The Bertz CT molecular complexity index is 692. The summed E-state index contributed by atoms with van der Waals surface area (Å²) in [5.74, 6) is -0.0316. The molecule has 1 atom stereocenters. The van der Waals surface area contributed by atoms with E-state index in [1.807, 2.05) is 0 Å². The van der Waals surface area contributed by atoms with Crippen molar-refractivity contribution in [3.8, 4) is 5.88 Å². The summed E-state index contributed by atoms with van der Waals surface area (Å²) in [6.45, 7) is 4.02. The van der Waals surface area contributed by atoms with E-state index in [-0.39, 0.29) is 17.8 Å². The van der Waals surface area contributed by atoms with Crippen molar-refractivity contribution in [3.05, 3.63) is 35.2 Å². The van der Waals surface area contributed by atoms with Gasteiger partial charge in [-0.05, 0) is 25.5 Å². The van der Waals surface area contributed by atoms with Crippen LogP contribution in [0.5, 0.6) is 5.88 Å². The van der Waals surface area contributed by atoms with E-state index < -0.39 is 0 Å². The Morgan fingerprint density at radius 2 is 2.33 bits per heavy atom. The van der Waals surface area contributed by atoms with Crippen LogP contribution in [0.25, 0.3) is 0 Å². The molecule has 0 aliphatic carbocycles. The van der Waals surface area contributed by atoms with Crippen molar-refractivity contribution in [2.24, 2.45) is 0 Å². The maximum atomic E-state index is 12.9. The molecule has 128 valence electrons. The summed E-state index contributed by atoms with van der Waals surface area (Å²) in [7, 11) is 0. The number of halogens is 1. The number of amides is 1. The number of carbonyl (C=O) groups is 1. The van der Waals surface area contributed by atoms with Crippen LogP contribution in [0.3, 0.4) is 0 Å². The highest BCUT2D eigenvalue weighted by Gasteiger charge is 2.22. The number of anilines is 1. The Morgan fingerprint density at radius 3 is 3.08 bits per heavy atom. The van der Waals surface area contributed by atoms with Gasteiger partial charge in [0.15, 0.2) is 5.13 Å². The predicted molar refractivity (Wildman–Crippen MR) is 89.5 cm³/mol. The van der Waals surface area contributed by atoms with Crippen molar-refractivity contribution in [3.63, 3.8) is 0 Å². The lowest BCUT2D eigenvalue weighted by molar-refractivity contribution is -0.114. The zero-order valence-corrected chi connectivity index (χ0v) is 14.2. The van der Waals surface area contributed by atoms with E-state index >= 15 is 0 Å². The number of ether oxygens (including phenoxy) is 1. The van der Waals surface area contributed by atoms with Gasteiger partial charge in [0.1, 0.15) is 11.9 Å². The molecule has 8 heteroatoms. The fourth-order valence-corrected chi connectivity index (χ4v) is 3.57. The standard InChI is InChI=1S/C16H19FN4O2S/c1-11(22)20-16-19-8-14(24-16)10-21-6-2-3-13(9-21)23-15-5-4-12(17)7-18-15/h4-5,7-8,13H,2-3,6,9-10H2,1H3,(H,19,20,22). The molecule has 2 aromatic heterocycles. The molecule has 1 unspecified atom stereocenters. The van der Waals surface area contributed by atoms with Crippen molar-refractivity contribution >= 4 is 22.4 Å². The number of aromatic nitrogens is 2.